The van der Waals surface area contributed by atoms with Crippen molar-refractivity contribution in [2.75, 3.05) is 17.6 Å². The van der Waals surface area contributed by atoms with Gasteiger partial charge in [-0.3, -0.25) is 0 Å². The largest absolute Gasteiger partial charge is 0.416 e. The second-order valence-electron chi connectivity index (χ2n) is 8.60. The van der Waals surface area contributed by atoms with E-state index in [1.54, 1.807) is 23.9 Å². The fraction of sp³-hybridized carbons (Fsp3) is 0.308. The third kappa shape index (κ3) is 3.84. The van der Waals surface area contributed by atoms with Gasteiger partial charge in [0, 0.05) is 28.3 Å². The van der Waals surface area contributed by atoms with Crippen molar-refractivity contribution in [3.63, 3.8) is 0 Å². The van der Waals surface area contributed by atoms with Crippen LogP contribution in [0.2, 0.25) is 0 Å². The van der Waals surface area contributed by atoms with Crippen LogP contribution in [0.1, 0.15) is 40.7 Å². The minimum Gasteiger partial charge on any atom is -0.384 e. The Morgan fingerprint density at radius 1 is 0.875 bits per heavy atom. The fourth-order valence-corrected chi connectivity index (χ4v) is 6.81. The van der Waals surface area contributed by atoms with Crippen LogP contribution in [0.3, 0.4) is 0 Å². The maximum absolute atomic E-state index is 12.7. The Morgan fingerprint density at radius 2 is 1.53 bits per heavy atom. The third-order valence-corrected chi connectivity index (χ3v) is 8.30. The maximum Gasteiger partial charge on any atom is 0.416 e. The van der Waals surface area contributed by atoms with Crippen molar-refractivity contribution >= 4 is 32.0 Å². The van der Waals surface area contributed by atoms with Gasteiger partial charge in [-0.15, -0.1) is 21.0 Å². The quantitative estimate of drug-likeness (QED) is 0.256. The van der Waals surface area contributed by atoms with Crippen molar-refractivity contribution in [1.82, 2.24) is 0 Å². The molecule has 1 unspecified atom stereocenters. The van der Waals surface area contributed by atoms with Gasteiger partial charge in [0.25, 0.3) is 0 Å². The van der Waals surface area contributed by atoms with Gasteiger partial charge in [0.05, 0.1) is 5.56 Å². The van der Waals surface area contributed by atoms with Crippen LogP contribution in [0.25, 0.3) is 0 Å². The van der Waals surface area contributed by atoms with E-state index in [1.165, 1.54) is 33.2 Å². The number of fused-ring (bicyclic) bond motifs is 4. The van der Waals surface area contributed by atoms with Crippen LogP contribution < -0.4 is 10.6 Å². The van der Waals surface area contributed by atoms with Crippen molar-refractivity contribution in [3.05, 3.63) is 88.5 Å². The van der Waals surface area contributed by atoms with Crippen LogP contribution in [0, 0.1) is 0 Å². The molecule has 5 rings (SSSR count). The summed E-state index contributed by atoms with van der Waals surface area (Å²) >= 11 is 1.57. The van der Waals surface area contributed by atoms with E-state index in [9.17, 15) is 13.2 Å². The summed E-state index contributed by atoms with van der Waals surface area (Å²) in [5.74, 6) is 0.785. The molecule has 0 bridgehead atoms. The van der Waals surface area contributed by atoms with Gasteiger partial charge in [-0.25, -0.2) is 0 Å². The molecule has 2 aliphatic carbocycles. The number of benzene rings is 3. The van der Waals surface area contributed by atoms with Crippen LogP contribution in [0.4, 0.5) is 18.9 Å². The Balaban J connectivity index is 1.31. The molecule has 0 aliphatic heterocycles. The van der Waals surface area contributed by atoms with Crippen molar-refractivity contribution < 1.29 is 13.2 Å². The third-order valence-electron chi connectivity index (χ3n) is 6.80. The van der Waals surface area contributed by atoms with E-state index >= 15 is 0 Å². The number of hydrogen-bond acceptors (Lipinski definition) is 2. The monoisotopic (exact) mass is 471 g/mol. The van der Waals surface area contributed by atoms with Crippen LogP contribution in [-0.2, 0) is 24.4 Å². The van der Waals surface area contributed by atoms with E-state index < -0.39 is 11.7 Å². The first kappa shape index (κ1) is 21.9. The molecule has 0 aromatic heterocycles. The number of hydrogen-bond donors (Lipinski definition) is 1. The average Bonchev–Trinajstić information content (AvgIpc) is 3.34. The van der Waals surface area contributed by atoms with Gasteiger partial charge in [0.15, 0.2) is 0 Å². The first-order valence-electron chi connectivity index (χ1n) is 10.9. The highest BCUT2D eigenvalue weighted by Crippen LogP contribution is 2.54. The Kier molecular flexibility index (Phi) is 5.75. The summed E-state index contributed by atoms with van der Waals surface area (Å²) in [6.45, 7) is 0.758. The fourth-order valence-electron chi connectivity index (χ4n) is 5.47. The molecular weight excluding hydrogens is 446 g/mol. The van der Waals surface area contributed by atoms with E-state index in [0.29, 0.717) is 0 Å². The number of aryl methyl sites for hydroxylation is 2. The van der Waals surface area contributed by atoms with E-state index in [-0.39, 0.29) is 5.41 Å². The molecule has 0 radical (unpaired) electrons. The van der Waals surface area contributed by atoms with E-state index in [0.717, 1.165) is 55.0 Å². The van der Waals surface area contributed by atoms with Gasteiger partial charge < -0.3 is 5.32 Å². The Hall–Kier alpha value is -1.97. The normalized spacial score (nSPS) is 19.2. The predicted molar refractivity (Wildman–Crippen MR) is 130 cm³/mol. The molecule has 32 heavy (non-hydrogen) atoms. The van der Waals surface area contributed by atoms with Crippen molar-refractivity contribution in [2.45, 2.75) is 42.2 Å². The predicted octanol–water partition coefficient (Wildman–Crippen LogP) is 6.59. The van der Waals surface area contributed by atoms with Gasteiger partial charge in [-0.05, 0) is 83.6 Å². The second-order valence-corrected chi connectivity index (χ2v) is 10.4. The zero-order valence-corrected chi connectivity index (χ0v) is 19.6. The number of alkyl halides is 3. The molecule has 1 nitrogen and oxygen atoms in total. The van der Waals surface area contributed by atoms with Gasteiger partial charge >= 0.3 is 6.18 Å². The van der Waals surface area contributed by atoms with Gasteiger partial charge in [0.1, 0.15) is 0 Å². The lowest BCUT2D eigenvalue weighted by atomic mass is 9.76. The first-order chi connectivity index (χ1) is 15.4. The van der Waals surface area contributed by atoms with E-state index in [2.05, 4.69) is 51.0 Å². The van der Waals surface area contributed by atoms with Crippen molar-refractivity contribution in [3.8, 4) is 0 Å². The molecule has 166 valence electrons. The summed E-state index contributed by atoms with van der Waals surface area (Å²) in [4.78, 5) is 0.854. The molecular formula is C26H25F3NPS. The molecule has 0 saturated carbocycles. The van der Waals surface area contributed by atoms with Crippen molar-refractivity contribution in [1.29, 1.82) is 0 Å². The number of rotatable bonds is 5. The SMILES string of the molecule is FC(F)(F)c1ccc(SCCNc2cccc3c2[C@]2(CCc4cccc(P)c42)CC3)cc1. The molecule has 2 atom stereocenters. The van der Waals surface area contributed by atoms with Crippen LogP contribution in [-0.4, -0.2) is 12.3 Å². The summed E-state index contributed by atoms with van der Waals surface area (Å²) < 4.78 is 38.2. The lowest BCUT2D eigenvalue weighted by molar-refractivity contribution is -0.137. The maximum atomic E-state index is 12.7. The molecule has 0 amide bonds. The first-order valence-corrected chi connectivity index (χ1v) is 12.5. The Morgan fingerprint density at radius 3 is 2.22 bits per heavy atom. The summed E-state index contributed by atoms with van der Waals surface area (Å²) in [6.07, 6.45) is 0.238. The van der Waals surface area contributed by atoms with E-state index in [4.69, 9.17) is 0 Å². The van der Waals surface area contributed by atoms with Gasteiger partial charge in [-0.1, -0.05) is 30.3 Å². The molecule has 1 spiro atoms. The van der Waals surface area contributed by atoms with Crippen molar-refractivity contribution in [2.24, 2.45) is 0 Å². The number of halogens is 3. The highest BCUT2D eigenvalue weighted by Gasteiger charge is 2.46. The second kappa shape index (κ2) is 8.43. The Labute approximate surface area is 193 Å². The molecule has 2 aliphatic rings. The van der Waals surface area contributed by atoms with Gasteiger partial charge in [0.2, 0.25) is 0 Å². The molecule has 0 heterocycles. The number of thioether (sulfide) groups is 1. The number of anilines is 1. The highest BCUT2D eigenvalue weighted by molar-refractivity contribution is 7.99. The number of nitrogens with one attached hydrogen (secondary N) is 1. The Bertz CT molecular complexity index is 1140. The van der Waals surface area contributed by atoms with E-state index in [1.807, 2.05) is 0 Å². The topological polar surface area (TPSA) is 12.0 Å². The van der Waals surface area contributed by atoms with Gasteiger partial charge in [-0.2, -0.15) is 13.2 Å². The van der Waals surface area contributed by atoms with Crippen LogP contribution in [0.15, 0.2) is 65.6 Å². The summed E-state index contributed by atoms with van der Waals surface area (Å²) in [6, 6.07) is 18.6. The molecule has 1 N–H and O–H groups in total. The lowest BCUT2D eigenvalue weighted by Crippen LogP contribution is -2.27. The minimum atomic E-state index is -4.29. The molecule has 0 fully saturated rings. The highest BCUT2D eigenvalue weighted by atomic mass is 32.2. The average molecular weight is 472 g/mol. The summed E-state index contributed by atoms with van der Waals surface area (Å²) in [7, 11) is 2.94. The minimum absolute atomic E-state index is 0.0904. The summed E-state index contributed by atoms with van der Waals surface area (Å²) in [5.41, 5.74) is 6.55. The van der Waals surface area contributed by atoms with Crippen LogP contribution in [0.5, 0.6) is 0 Å². The molecule has 3 aromatic carbocycles. The lowest BCUT2D eigenvalue weighted by Gasteiger charge is -2.30. The zero-order valence-electron chi connectivity index (χ0n) is 17.6. The molecule has 6 heteroatoms. The molecule has 0 saturated heterocycles. The summed E-state index contributed by atoms with van der Waals surface area (Å²) in [5, 5.41) is 4.95. The standard InChI is InChI=1S/C26H25F3NPS/c27-26(28,29)19-7-9-20(10-8-19)32-16-15-30-21-5-1-3-17-11-13-25(23(17)21)14-12-18-4-2-6-22(31)24(18)25/h1-10,30H,11-16,31H2/t25-/m1/s1. The molecule has 3 aromatic rings. The van der Waals surface area contributed by atoms with Crippen LogP contribution >= 0.6 is 21.0 Å². The zero-order chi connectivity index (χ0) is 22.3. The smallest absolute Gasteiger partial charge is 0.384 e.